The van der Waals surface area contributed by atoms with Gasteiger partial charge in [-0.1, -0.05) is 12.1 Å². The van der Waals surface area contributed by atoms with Crippen LogP contribution in [-0.4, -0.2) is 4.98 Å². The van der Waals surface area contributed by atoms with E-state index in [9.17, 15) is 0 Å². The number of hydrogen-bond acceptors (Lipinski definition) is 4. The zero-order valence-electron chi connectivity index (χ0n) is 8.84. The molecule has 0 amide bonds. The second-order valence-electron chi connectivity index (χ2n) is 3.40. The van der Waals surface area contributed by atoms with Crippen LogP contribution in [0.15, 0.2) is 35.7 Å². The minimum absolute atomic E-state index is 0.210. The lowest BCUT2D eigenvalue weighted by molar-refractivity contribution is 0.895. The molecule has 0 aliphatic rings. The average Bonchev–Trinajstić information content (AvgIpc) is 2.83. The van der Waals surface area contributed by atoms with E-state index < -0.39 is 0 Å². The Morgan fingerprint density at radius 3 is 2.94 bits per heavy atom. The number of pyridine rings is 1. The number of nitrogens with zero attached hydrogens (tertiary/aromatic N) is 2. The number of aromatic nitrogens is 1. The molecule has 0 spiro atoms. The maximum Gasteiger partial charge on any atom is 0.142 e. The number of rotatable bonds is 3. The summed E-state index contributed by atoms with van der Waals surface area (Å²) in [5.74, 6) is 0.736. The highest BCUT2D eigenvalue weighted by molar-refractivity contribution is 7.10. The quantitative estimate of drug-likeness (QED) is 0.879. The summed E-state index contributed by atoms with van der Waals surface area (Å²) < 4.78 is 0. The monoisotopic (exact) mass is 229 g/mol. The Labute approximate surface area is 98.4 Å². The Kier molecular flexibility index (Phi) is 3.18. The molecular formula is C12H11N3S. The van der Waals surface area contributed by atoms with Crippen LogP contribution in [0.3, 0.4) is 0 Å². The van der Waals surface area contributed by atoms with Gasteiger partial charge in [0.05, 0.1) is 6.04 Å². The zero-order chi connectivity index (χ0) is 11.4. The van der Waals surface area contributed by atoms with Crippen molar-refractivity contribution in [2.45, 2.75) is 13.0 Å². The van der Waals surface area contributed by atoms with Gasteiger partial charge in [0.2, 0.25) is 0 Å². The van der Waals surface area contributed by atoms with Crippen molar-refractivity contribution in [1.82, 2.24) is 4.98 Å². The van der Waals surface area contributed by atoms with E-state index in [1.165, 1.54) is 4.88 Å². The molecule has 1 atom stereocenters. The van der Waals surface area contributed by atoms with Crippen LogP contribution in [0.25, 0.3) is 0 Å². The first-order valence-electron chi connectivity index (χ1n) is 4.96. The summed E-state index contributed by atoms with van der Waals surface area (Å²) >= 11 is 1.70. The third-order valence-corrected chi connectivity index (χ3v) is 3.25. The smallest absolute Gasteiger partial charge is 0.142 e. The van der Waals surface area contributed by atoms with Crippen molar-refractivity contribution < 1.29 is 0 Å². The van der Waals surface area contributed by atoms with Crippen LogP contribution in [0.1, 0.15) is 23.5 Å². The van der Waals surface area contributed by atoms with Gasteiger partial charge in [0.15, 0.2) is 0 Å². The summed E-state index contributed by atoms with van der Waals surface area (Å²) in [6.45, 7) is 2.08. The third kappa shape index (κ3) is 2.38. The molecule has 4 heteroatoms. The molecule has 3 nitrogen and oxygen atoms in total. The van der Waals surface area contributed by atoms with E-state index in [-0.39, 0.29) is 6.04 Å². The van der Waals surface area contributed by atoms with E-state index in [4.69, 9.17) is 5.26 Å². The molecule has 16 heavy (non-hydrogen) atoms. The standard InChI is InChI=1S/C12H11N3S/c1-9(11-5-3-7-16-11)14-12-6-2-4-10(8-13)15-12/h2-7,9H,1H3,(H,14,15). The number of nitriles is 1. The Hall–Kier alpha value is -1.86. The van der Waals surface area contributed by atoms with E-state index in [1.54, 1.807) is 17.4 Å². The lowest BCUT2D eigenvalue weighted by Gasteiger charge is -2.12. The van der Waals surface area contributed by atoms with Crippen molar-refractivity contribution >= 4 is 17.2 Å². The van der Waals surface area contributed by atoms with Gasteiger partial charge in [0, 0.05) is 4.88 Å². The summed E-state index contributed by atoms with van der Waals surface area (Å²) in [7, 11) is 0. The molecule has 0 aliphatic carbocycles. The fourth-order valence-corrected chi connectivity index (χ4v) is 2.14. The third-order valence-electron chi connectivity index (χ3n) is 2.20. The van der Waals surface area contributed by atoms with Crippen molar-refractivity contribution in [2.24, 2.45) is 0 Å². The van der Waals surface area contributed by atoms with Crippen LogP contribution in [0.2, 0.25) is 0 Å². The molecule has 1 N–H and O–H groups in total. The normalized spacial score (nSPS) is 11.8. The van der Waals surface area contributed by atoms with E-state index in [2.05, 4.69) is 23.3 Å². The van der Waals surface area contributed by atoms with Crippen molar-refractivity contribution in [3.8, 4) is 6.07 Å². The Morgan fingerprint density at radius 2 is 2.25 bits per heavy atom. The molecule has 0 aromatic carbocycles. The zero-order valence-corrected chi connectivity index (χ0v) is 9.66. The number of nitrogens with one attached hydrogen (secondary N) is 1. The fraction of sp³-hybridized carbons (Fsp3) is 0.167. The Morgan fingerprint density at radius 1 is 1.38 bits per heavy atom. The van der Waals surface area contributed by atoms with E-state index in [0.717, 1.165) is 5.82 Å². The number of anilines is 1. The van der Waals surface area contributed by atoms with Gasteiger partial charge in [0.1, 0.15) is 17.6 Å². The van der Waals surface area contributed by atoms with Crippen molar-refractivity contribution in [1.29, 1.82) is 5.26 Å². The summed E-state index contributed by atoms with van der Waals surface area (Å²) in [4.78, 5) is 5.43. The van der Waals surface area contributed by atoms with Crippen LogP contribution in [0.4, 0.5) is 5.82 Å². The second kappa shape index (κ2) is 4.77. The molecule has 0 radical (unpaired) electrons. The molecule has 0 saturated carbocycles. The highest BCUT2D eigenvalue weighted by Crippen LogP contribution is 2.21. The molecule has 1 unspecified atom stereocenters. The molecule has 2 rings (SSSR count). The van der Waals surface area contributed by atoms with Crippen molar-refractivity contribution in [3.63, 3.8) is 0 Å². The first kappa shape index (κ1) is 10.7. The summed E-state index contributed by atoms with van der Waals surface area (Å²) in [5.41, 5.74) is 0.434. The van der Waals surface area contributed by atoms with Gasteiger partial charge in [0.25, 0.3) is 0 Å². The van der Waals surface area contributed by atoms with E-state index in [1.807, 2.05) is 29.6 Å². The number of thiophene rings is 1. The highest BCUT2D eigenvalue weighted by Gasteiger charge is 2.06. The minimum Gasteiger partial charge on any atom is -0.363 e. The second-order valence-corrected chi connectivity index (χ2v) is 4.38. The van der Waals surface area contributed by atoms with E-state index in [0.29, 0.717) is 5.69 Å². The van der Waals surface area contributed by atoms with Gasteiger partial charge in [-0.15, -0.1) is 11.3 Å². The molecule has 2 heterocycles. The van der Waals surface area contributed by atoms with Crippen LogP contribution < -0.4 is 5.32 Å². The Balaban J connectivity index is 2.12. The Bertz CT molecular complexity index is 499. The number of hydrogen-bond donors (Lipinski definition) is 1. The van der Waals surface area contributed by atoms with Crippen molar-refractivity contribution in [2.75, 3.05) is 5.32 Å². The molecule has 0 aliphatic heterocycles. The molecule has 0 saturated heterocycles. The molecule has 0 fully saturated rings. The topological polar surface area (TPSA) is 48.7 Å². The minimum atomic E-state index is 0.210. The summed E-state index contributed by atoms with van der Waals surface area (Å²) in [5, 5.41) is 14.1. The first-order valence-corrected chi connectivity index (χ1v) is 5.84. The SMILES string of the molecule is CC(Nc1cccc(C#N)n1)c1cccs1. The average molecular weight is 229 g/mol. The van der Waals surface area contributed by atoms with Crippen molar-refractivity contribution in [3.05, 3.63) is 46.3 Å². The molecule has 2 aromatic heterocycles. The summed E-state index contributed by atoms with van der Waals surface area (Å²) in [6, 6.07) is 11.7. The highest BCUT2D eigenvalue weighted by atomic mass is 32.1. The van der Waals surface area contributed by atoms with Gasteiger partial charge in [-0.3, -0.25) is 0 Å². The predicted octanol–water partition coefficient (Wildman–Crippen LogP) is 3.19. The molecule has 2 aromatic rings. The van der Waals surface area contributed by atoms with Gasteiger partial charge in [-0.2, -0.15) is 5.26 Å². The lowest BCUT2D eigenvalue weighted by Crippen LogP contribution is -2.06. The van der Waals surface area contributed by atoms with Gasteiger partial charge in [-0.05, 0) is 30.5 Å². The first-order chi connectivity index (χ1) is 7.79. The van der Waals surface area contributed by atoms with Gasteiger partial charge in [-0.25, -0.2) is 4.98 Å². The fourth-order valence-electron chi connectivity index (χ4n) is 1.41. The maximum absolute atomic E-state index is 8.74. The molecular weight excluding hydrogens is 218 g/mol. The predicted molar refractivity (Wildman–Crippen MR) is 65.3 cm³/mol. The van der Waals surface area contributed by atoms with E-state index >= 15 is 0 Å². The summed E-state index contributed by atoms with van der Waals surface area (Å²) in [6.07, 6.45) is 0. The maximum atomic E-state index is 8.74. The molecule has 0 bridgehead atoms. The van der Waals surface area contributed by atoms with Crippen LogP contribution >= 0.6 is 11.3 Å². The molecule has 80 valence electrons. The van der Waals surface area contributed by atoms with Gasteiger partial charge < -0.3 is 5.32 Å². The lowest BCUT2D eigenvalue weighted by atomic mass is 10.2. The van der Waals surface area contributed by atoms with Gasteiger partial charge >= 0.3 is 0 Å². The van der Waals surface area contributed by atoms with Crippen LogP contribution in [-0.2, 0) is 0 Å². The van der Waals surface area contributed by atoms with Crippen LogP contribution in [0, 0.1) is 11.3 Å². The largest absolute Gasteiger partial charge is 0.363 e. The van der Waals surface area contributed by atoms with Crippen LogP contribution in [0.5, 0.6) is 0 Å².